The maximum Gasteiger partial charge on any atom is 0.260 e. The molecule has 1 nitrogen and oxygen atoms in total. The summed E-state index contributed by atoms with van der Waals surface area (Å²) in [6.45, 7) is 3.80. The molecule has 0 fully saturated rings. The number of ether oxygens (including phenoxy) is 1. The van der Waals surface area contributed by atoms with Crippen molar-refractivity contribution in [2.75, 3.05) is 0 Å². The summed E-state index contributed by atoms with van der Waals surface area (Å²) >= 11 is 16.0. The fourth-order valence-electron chi connectivity index (χ4n) is 1.06. The number of hydrogen-bond donors (Lipinski definition) is 0. The van der Waals surface area contributed by atoms with Gasteiger partial charge in [-0.25, -0.2) is 0 Å². The van der Waals surface area contributed by atoms with Crippen LogP contribution >= 0.6 is 35.4 Å². The highest BCUT2D eigenvalue weighted by molar-refractivity contribution is 7.82. The van der Waals surface area contributed by atoms with Crippen LogP contribution in [0.1, 0.15) is 11.1 Å². The van der Waals surface area contributed by atoms with Crippen molar-refractivity contribution in [3.05, 3.63) is 28.3 Å². The van der Waals surface area contributed by atoms with Crippen molar-refractivity contribution in [3.8, 4) is 5.75 Å². The molecule has 0 aliphatic carbocycles. The summed E-state index contributed by atoms with van der Waals surface area (Å²) in [5.74, 6) is 0.624. The fraction of sp³-hybridized carbons (Fsp3) is 0.222. The third kappa shape index (κ3) is 2.83. The molecule has 0 saturated carbocycles. The van der Waals surface area contributed by atoms with Gasteiger partial charge >= 0.3 is 0 Å². The second-order valence-electron chi connectivity index (χ2n) is 2.71. The number of halogens is 2. The minimum absolute atomic E-state index is 0.0128. The Morgan fingerprint density at radius 3 is 2.15 bits per heavy atom. The molecule has 0 radical (unpaired) electrons. The first-order chi connectivity index (χ1) is 6.00. The summed E-state index contributed by atoms with van der Waals surface area (Å²) < 4.78 is 5.06. The lowest BCUT2D eigenvalue weighted by atomic mass is 10.1. The molecule has 0 aliphatic rings. The molecule has 1 aromatic rings. The van der Waals surface area contributed by atoms with Gasteiger partial charge in [-0.3, -0.25) is 0 Å². The summed E-state index contributed by atoms with van der Waals surface area (Å²) in [6, 6.07) is 3.59. The standard InChI is InChI=1S/C9H8Cl2OS/c1-5-3-7(12-9(11)13)4-6(2)8(5)10/h3-4H,1-2H3. The van der Waals surface area contributed by atoms with E-state index in [0.29, 0.717) is 5.75 Å². The van der Waals surface area contributed by atoms with Gasteiger partial charge in [-0.2, -0.15) is 0 Å². The maximum atomic E-state index is 5.96. The minimum atomic E-state index is -0.0128. The molecule has 0 bridgehead atoms. The van der Waals surface area contributed by atoms with Gasteiger partial charge in [0.1, 0.15) is 5.75 Å². The van der Waals surface area contributed by atoms with Crippen LogP contribution in [0, 0.1) is 13.8 Å². The first kappa shape index (κ1) is 10.8. The van der Waals surface area contributed by atoms with Gasteiger partial charge in [0.15, 0.2) is 0 Å². The van der Waals surface area contributed by atoms with Crippen LogP contribution in [0.4, 0.5) is 0 Å². The molecular formula is C9H8Cl2OS. The second-order valence-corrected chi connectivity index (χ2v) is 4.03. The Balaban J connectivity index is 3.06. The molecule has 0 spiro atoms. The van der Waals surface area contributed by atoms with Crippen LogP contribution in [0.5, 0.6) is 5.75 Å². The van der Waals surface area contributed by atoms with E-state index in [2.05, 4.69) is 12.2 Å². The summed E-state index contributed by atoms with van der Waals surface area (Å²) in [6.07, 6.45) is 0. The molecule has 4 heteroatoms. The predicted octanol–water partition coefficient (Wildman–Crippen LogP) is 3.86. The zero-order chi connectivity index (χ0) is 10.0. The van der Waals surface area contributed by atoms with E-state index in [1.807, 2.05) is 13.8 Å². The van der Waals surface area contributed by atoms with Crippen molar-refractivity contribution >= 4 is 39.9 Å². The zero-order valence-electron chi connectivity index (χ0n) is 7.23. The zero-order valence-corrected chi connectivity index (χ0v) is 9.56. The van der Waals surface area contributed by atoms with Gasteiger partial charge in [0.2, 0.25) is 0 Å². The number of benzene rings is 1. The van der Waals surface area contributed by atoms with Gasteiger partial charge < -0.3 is 4.74 Å². The topological polar surface area (TPSA) is 9.23 Å². The molecule has 0 aliphatic heterocycles. The largest absolute Gasteiger partial charge is 0.436 e. The van der Waals surface area contributed by atoms with E-state index in [1.165, 1.54) is 0 Å². The first-order valence-corrected chi connectivity index (χ1v) is 4.81. The van der Waals surface area contributed by atoms with Crippen molar-refractivity contribution in [1.82, 2.24) is 0 Å². The normalized spacial score (nSPS) is 9.85. The smallest absolute Gasteiger partial charge is 0.260 e. The lowest BCUT2D eigenvalue weighted by Crippen LogP contribution is -1.96. The minimum Gasteiger partial charge on any atom is -0.436 e. The van der Waals surface area contributed by atoms with Crippen molar-refractivity contribution in [2.45, 2.75) is 13.8 Å². The Kier molecular flexibility index (Phi) is 3.54. The Morgan fingerprint density at radius 2 is 1.77 bits per heavy atom. The summed E-state index contributed by atoms with van der Waals surface area (Å²) in [4.78, 5) is 0. The molecule has 0 saturated heterocycles. The summed E-state index contributed by atoms with van der Waals surface area (Å²) in [5.41, 5.74) is 1.90. The van der Waals surface area contributed by atoms with Crippen LogP contribution in [-0.2, 0) is 0 Å². The van der Waals surface area contributed by atoms with Crippen molar-refractivity contribution in [1.29, 1.82) is 0 Å². The molecule has 70 valence electrons. The van der Waals surface area contributed by atoms with Crippen molar-refractivity contribution in [3.63, 3.8) is 0 Å². The highest BCUT2D eigenvalue weighted by Crippen LogP contribution is 2.26. The first-order valence-electron chi connectivity index (χ1n) is 3.65. The van der Waals surface area contributed by atoms with Crippen LogP contribution in [0.2, 0.25) is 5.02 Å². The molecule has 0 atom stereocenters. The van der Waals surface area contributed by atoms with Gasteiger partial charge in [0.05, 0.1) is 0 Å². The molecule has 0 heterocycles. The van der Waals surface area contributed by atoms with Crippen LogP contribution in [0.15, 0.2) is 12.1 Å². The second kappa shape index (κ2) is 4.27. The molecule has 0 unspecified atom stereocenters. The molecule has 0 aromatic heterocycles. The van der Waals surface area contributed by atoms with Crippen LogP contribution in [0.25, 0.3) is 0 Å². The van der Waals surface area contributed by atoms with E-state index in [9.17, 15) is 0 Å². The molecule has 0 amide bonds. The Bertz CT molecular complexity index is 326. The molecule has 1 aromatic carbocycles. The van der Waals surface area contributed by atoms with Gasteiger partial charge in [0, 0.05) is 5.02 Å². The van der Waals surface area contributed by atoms with E-state index in [1.54, 1.807) is 12.1 Å². The van der Waals surface area contributed by atoms with E-state index in [4.69, 9.17) is 27.9 Å². The Hall–Kier alpha value is -0.310. The predicted molar refractivity (Wildman–Crippen MR) is 60.0 cm³/mol. The van der Waals surface area contributed by atoms with Crippen LogP contribution < -0.4 is 4.74 Å². The quantitative estimate of drug-likeness (QED) is 0.540. The van der Waals surface area contributed by atoms with Crippen LogP contribution in [0.3, 0.4) is 0 Å². The van der Waals surface area contributed by atoms with Crippen molar-refractivity contribution in [2.24, 2.45) is 0 Å². The molecule has 1 rings (SSSR count). The number of rotatable bonds is 1. The molecule has 0 N–H and O–H groups in total. The van der Waals surface area contributed by atoms with E-state index >= 15 is 0 Å². The summed E-state index contributed by atoms with van der Waals surface area (Å²) in [7, 11) is 0. The van der Waals surface area contributed by atoms with Gasteiger partial charge in [0.25, 0.3) is 4.51 Å². The van der Waals surface area contributed by atoms with E-state index < -0.39 is 0 Å². The van der Waals surface area contributed by atoms with Gasteiger partial charge in [-0.05, 0) is 60.9 Å². The lowest BCUT2D eigenvalue weighted by Gasteiger charge is -2.06. The number of aryl methyl sites for hydroxylation is 2. The third-order valence-electron chi connectivity index (χ3n) is 1.61. The number of thiocarbonyl (C=S) groups is 1. The van der Waals surface area contributed by atoms with E-state index in [-0.39, 0.29) is 4.51 Å². The molecule has 13 heavy (non-hydrogen) atoms. The highest BCUT2D eigenvalue weighted by Gasteiger charge is 2.04. The van der Waals surface area contributed by atoms with Gasteiger partial charge in [-0.15, -0.1) is 0 Å². The van der Waals surface area contributed by atoms with Crippen LogP contribution in [-0.4, -0.2) is 4.51 Å². The average molecular weight is 235 g/mol. The Morgan fingerprint density at radius 1 is 1.31 bits per heavy atom. The van der Waals surface area contributed by atoms with E-state index in [0.717, 1.165) is 16.1 Å². The fourth-order valence-corrected chi connectivity index (χ4v) is 1.35. The Labute approximate surface area is 92.6 Å². The van der Waals surface area contributed by atoms with Crippen molar-refractivity contribution < 1.29 is 4.74 Å². The lowest BCUT2D eigenvalue weighted by molar-refractivity contribution is 0.576. The SMILES string of the molecule is Cc1cc(OC(=S)Cl)cc(C)c1Cl. The maximum absolute atomic E-state index is 5.96. The monoisotopic (exact) mass is 234 g/mol. The summed E-state index contributed by atoms with van der Waals surface area (Å²) in [5, 5.41) is 0.743. The number of hydrogen-bond acceptors (Lipinski definition) is 2. The van der Waals surface area contributed by atoms with Gasteiger partial charge in [-0.1, -0.05) is 11.6 Å². The molecular weight excluding hydrogens is 227 g/mol. The third-order valence-corrected chi connectivity index (χ3v) is 2.36. The average Bonchev–Trinajstić information content (AvgIpc) is 1.98. The highest BCUT2D eigenvalue weighted by atomic mass is 35.5.